The topological polar surface area (TPSA) is 108 Å². The van der Waals surface area contributed by atoms with Crippen molar-refractivity contribution < 1.29 is 23.9 Å². The lowest BCUT2D eigenvalue weighted by molar-refractivity contribution is -0.150. The van der Waals surface area contributed by atoms with Gasteiger partial charge in [-0.05, 0) is 23.5 Å². The number of carbonyl (C=O) groups is 3. The van der Waals surface area contributed by atoms with Crippen molar-refractivity contribution >= 4 is 17.8 Å². The summed E-state index contributed by atoms with van der Waals surface area (Å²) < 4.78 is 10.6. The molecule has 0 saturated heterocycles. The monoisotopic (exact) mass is 426 g/mol. The maximum Gasteiger partial charge on any atom is 0.328 e. The number of ether oxygens (including phenoxy) is 2. The van der Waals surface area contributed by atoms with Crippen LogP contribution in [-0.2, 0) is 37.1 Å². The van der Waals surface area contributed by atoms with Gasteiger partial charge in [-0.25, -0.2) is 4.79 Å². The Morgan fingerprint density at radius 1 is 0.871 bits per heavy atom. The van der Waals surface area contributed by atoms with Crippen molar-refractivity contribution in [3.05, 3.63) is 71.8 Å². The summed E-state index contributed by atoms with van der Waals surface area (Å²) in [6.45, 7) is 3.84. The molecule has 2 aromatic carbocycles. The van der Waals surface area contributed by atoms with E-state index < -0.39 is 29.9 Å². The van der Waals surface area contributed by atoms with Gasteiger partial charge in [0.25, 0.3) is 0 Å². The fourth-order valence-electron chi connectivity index (χ4n) is 2.72. The van der Waals surface area contributed by atoms with Crippen LogP contribution in [0.25, 0.3) is 0 Å². The second-order valence-electron chi connectivity index (χ2n) is 7.61. The van der Waals surface area contributed by atoms with E-state index in [4.69, 9.17) is 15.2 Å². The van der Waals surface area contributed by atoms with Crippen molar-refractivity contribution in [2.24, 2.45) is 11.7 Å². The van der Waals surface area contributed by atoms with Gasteiger partial charge in [-0.2, -0.15) is 0 Å². The molecule has 0 fully saturated rings. The van der Waals surface area contributed by atoms with Crippen LogP contribution in [0.4, 0.5) is 0 Å². The Bertz CT molecular complexity index is 840. The molecule has 1 amide bonds. The fraction of sp³-hybridized carbons (Fsp3) is 0.375. The smallest absolute Gasteiger partial charge is 0.328 e. The third kappa shape index (κ3) is 8.60. The van der Waals surface area contributed by atoms with Gasteiger partial charge in [-0.1, -0.05) is 74.5 Å². The molecular formula is C24H30N2O5. The van der Waals surface area contributed by atoms with Crippen molar-refractivity contribution in [3.8, 4) is 0 Å². The van der Waals surface area contributed by atoms with E-state index in [0.29, 0.717) is 0 Å². The van der Waals surface area contributed by atoms with E-state index in [1.807, 2.05) is 74.5 Å². The first-order valence-corrected chi connectivity index (χ1v) is 10.3. The number of rotatable bonds is 11. The van der Waals surface area contributed by atoms with Crippen LogP contribution in [0.3, 0.4) is 0 Å². The summed E-state index contributed by atoms with van der Waals surface area (Å²) in [6.07, 6.45) is 0.00688. The molecule has 31 heavy (non-hydrogen) atoms. The molecule has 0 radical (unpaired) electrons. The highest BCUT2D eigenvalue weighted by Crippen LogP contribution is 2.09. The van der Waals surface area contributed by atoms with Crippen molar-refractivity contribution in [1.29, 1.82) is 0 Å². The zero-order chi connectivity index (χ0) is 22.6. The lowest BCUT2D eigenvalue weighted by Gasteiger charge is -2.21. The van der Waals surface area contributed by atoms with E-state index in [2.05, 4.69) is 5.32 Å². The maximum absolute atomic E-state index is 12.6. The van der Waals surface area contributed by atoms with Gasteiger partial charge in [0.2, 0.25) is 5.91 Å². The molecule has 7 nitrogen and oxygen atoms in total. The van der Waals surface area contributed by atoms with Crippen LogP contribution in [0, 0.1) is 5.92 Å². The van der Waals surface area contributed by atoms with Gasteiger partial charge in [0.05, 0.1) is 6.04 Å². The number of hydrogen-bond acceptors (Lipinski definition) is 6. The van der Waals surface area contributed by atoms with Crippen molar-refractivity contribution in [2.45, 2.75) is 52.0 Å². The van der Waals surface area contributed by atoms with Crippen LogP contribution in [0.15, 0.2) is 60.7 Å². The highest BCUT2D eigenvalue weighted by molar-refractivity contribution is 5.87. The van der Waals surface area contributed by atoms with E-state index in [1.165, 1.54) is 0 Å². The predicted octanol–water partition coefficient (Wildman–Crippen LogP) is 2.72. The van der Waals surface area contributed by atoms with Crippen LogP contribution >= 0.6 is 0 Å². The van der Waals surface area contributed by atoms with Crippen molar-refractivity contribution in [2.75, 3.05) is 0 Å². The third-order valence-electron chi connectivity index (χ3n) is 4.73. The van der Waals surface area contributed by atoms with E-state index in [0.717, 1.165) is 11.1 Å². The lowest BCUT2D eigenvalue weighted by Crippen LogP contribution is -2.50. The summed E-state index contributed by atoms with van der Waals surface area (Å²) in [4.78, 5) is 37.1. The second-order valence-corrected chi connectivity index (χ2v) is 7.61. The van der Waals surface area contributed by atoms with Gasteiger partial charge in [-0.15, -0.1) is 0 Å². The highest BCUT2D eigenvalue weighted by atomic mass is 16.5. The van der Waals surface area contributed by atoms with Crippen LogP contribution in [0.1, 0.15) is 37.8 Å². The summed E-state index contributed by atoms with van der Waals surface area (Å²) in [6, 6.07) is 16.7. The number of hydrogen-bond donors (Lipinski definition) is 2. The molecule has 0 aliphatic heterocycles. The zero-order valence-electron chi connectivity index (χ0n) is 18.0. The number of benzene rings is 2. The van der Waals surface area contributed by atoms with Crippen LogP contribution in [0.2, 0.25) is 0 Å². The van der Waals surface area contributed by atoms with Gasteiger partial charge in [0, 0.05) is 6.42 Å². The van der Waals surface area contributed by atoms with Gasteiger partial charge in [-0.3, -0.25) is 9.59 Å². The van der Waals surface area contributed by atoms with Crippen molar-refractivity contribution in [1.82, 2.24) is 5.32 Å². The summed E-state index contributed by atoms with van der Waals surface area (Å²) in [7, 11) is 0. The minimum atomic E-state index is -0.995. The predicted molar refractivity (Wildman–Crippen MR) is 116 cm³/mol. The Balaban J connectivity index is 1.92. The molecule has 0 aromatic heterocycles. The molecule has 0 unspecified atom stereocenters. The SMILES string of the molecule is CC(C)[C@H](N)C(=O)N[C@@H](CCC(=O)OCc1ccccc1)C(=O)OCc1ccccc1. The van der Waals surface area contributed by atoms with Gasteiger partial charge in [0.1, 0.15) is 19.3 Å². The Hall–Kier alpha value is -3.19. The first-order chi connectivity index (χ1) is 14.9. The Morgan fingerprint density at radius 2 is 1.39 bits per heavy atom. The Kier molecular flexibility index (Phi) is 9.71. The Labute approximate surface area is 182 Å². The molecule has 0 aliphatic carbocycles. The quantitative estimate of drug-likeness (QED) is 0.535. The lowest BCUT2D eigenvalue weighted by atomic mass is 10.0. The molecule has 2 atom stereocenters. The molecular weight excluding hydrogens is 396 g/mol. The van der Waals surface area contributed by atoms with Gasteiger partial charge in [0.15, 0.2) is 0 Å². The fourth-order valence-corrected chi connectivity index (χ4v) is 2.72. The number of nitrogens with one attached hydrogen (secondary N) is 1. The Morgan fingerprint density at radius 3 is 1.90 bits per heavy atom. The van der Waals surface area contributed by atoms with E-state index >= 15 is 0 Å². The minimum Gasteiger partial charge on any atom is -0.461 e. The van der Waals surface area contributed by atoms with Crippen molar-refractivity contribution in [3.63, 3.8) is 0 Å². The number of esters is 2. The molecule has 0 heterocycles. The van der Waals surface area contributed by atoms with E-state index in [9.17, 15) is 14.4 Å². The van der Waals surface area contributed by atoms with E-state index in [-0.39, 0.29) is 32.0 Å². The van der Waals surface area contributed by atoms with Crippen LogP contribution < -0.4 is 11.1 Å². The maximum atomic E-state index is 12.6. The number of carbonyl (C=O) groups excluding carboxylic acids is 3. The summed E-state index contributed by atoms with van der Waals surface area (Å²) in [5.41, 5.74) is 7.57. The molecule has 2 aromatic rings. The number of amides is 1. The summed E-state index contributed by atoms with van der Waals surface area (Å²) in [5, 5.41) is 2.62. The molecule has 0 saturated carbocycles. The normalized spacial score (nSPS) is 12.6. The molecule has 0 aliphatic rings. The van der Waals surface area contributed by atoms with Crippen LogP contribution in [0.5, 0.6) is 0 Å². The molecule has 2 rings (SSSR count). The summed E-state index contributed by atoms with van der Waals surface area (Å²) >= 11 is 0. The van der Waals surface area contributed by atoms with Gasteiger partial charge >= 0.3 is 11.9 Å². The average Bonchev–Trinajstić information content (AvgIpc) is 2.79. The molecule has 0 bridgehead atoms. The molecule has 0 spiro atoms. The first-order valence-electron chi connectivity index (χ1n) is 10.3. The third-order valence-corrected chi connectivity index (χ3v) is 4.73. The summed E-state index contributed by atoms with van der Waals surface area (Å²) in [5.74, 6) is -1.65. The van der Waals surface area contributed by atoms with E-state index in [1.54, 1.807) is 0 Å². The molecule has 3 N–H and O–H groups in total. The molecule has 166 valence electrons. The first kappa shape index (κ1) is 24.1. The zero-order valence-corrected chi connectivity index (χ0v) is 18.0. The second kappa shape index (κ2) is 12.5. The standard InChI is InChI=1S/C24H30N2O5/c1-17(2)22(25)23(28)26-20(24(29)31-16-19-11-7-4-8-12-19)13-14-21(27)30-15-18-9-5-3-6-10-18/h3-12,17,20,22H,13-16,25H2,1-2H3,(H,26,28)/t20-,22-/m0/s1. The minimum absolute atomic E-state index is 0.0465. The largest absolute Gasteiger partial charge is 0.461 e. The average molecular weight is 427 g/mol. The number of nitrogens with two attached hydrogens (primary N) is 1. The van der Waals surface area contributed by atoms with Gasteiger partial charge < -0.3 is 20.5 Å². The van der Waals surface area contributed by atoms with Crippen LogP contribution in [-0.4, -0.2) is 29.9 Å². The molecule has 7 heteroatoms. The highest BCUT2D eigenvalue weighted by Gasteiger charge is 2.27.